The van der Waals surface area contributed by atoms with Crippen LogP contribution in [-0.2, 0) is 10.0 Å². The normalized spacial score (nSPS) is 18.9. The number of piperidine rings is 1. The molecule has 0 radical (unpaired) electrons. The van der Waals surface area contributed by atoms with Gasteiger partial charge in [-0.25, -0.2) is 8.42 Å². The molecule has 0 saturated carbocycles. The van der Waals surface area contributed by atoms with Gasteiger partial charge >= 0.3 is 0 Å². The molecule has 0 bridgehead atoms. The summed E-state index contributed by atoms with van der Waals surface area (Å²) in [6.07, 6.45) is 0.982. The van der Waals surface area contributed by atoms with Crippen molar-refractivity contribution < 1.29 is 18.1 Å². The zero-order chi connectivity index (χ0) is 22.2. The molecule has 2 aromatic carbocycles. The average molecular weight is 482 g/mol. The summed E-state index contributed by atoms with van der Waals surface area (Å²) in [5.41, 5.74) is 0.176. The Labute approximate surface area is 189 Å². The van der Waals surface area contributed by atoms with Crippen molar-refractivity contribution in [2.75, 3.05) is 25.4 Å². The van der Waals surface area contributed by atoms with Crippen molar-refractivity contribution in [3.8, 4) is 0 Å². The molecule has 2 aliphatic heterocycles. The number of sulfonamides is 1. The van der Waals surface area contributed by atoms with Gasteiger partial charge in [0.05, 0.1) is 14.7 Å². The lowest BCUT2D eigenvalue weighted by Crippen LogP contribution is -2.53. The highest BCUT2D eigenvalue weighted by Crippen LogP contribution is 2.45. The van der Waals surface area contributed by atoms with Crippen molar-refractivity contribution in [3.05, 3.63) is 69.2 Å². The Kier molecular flexibility index (Phi) is 5.99. The molecular formula is C20H20ClN3O5S2. The zero-order valence-electron chi connectivity index (χ0n) is 16.4. The van der Waals surface area contributed by atoms with Gasteiger partial charge < -0.3 is 4.90 Å². The molecule has 2 fully saturated rings. The smallest absolute Gasteiger partial charge is 0.289 e. The lowest BCUT2D eigenvalue weighted by Gasteiger charge is -2.43. The minimum absolute atomic E-state index is 0.0461. The summed E-state index contributed by atoms with van der Waals surface area (Å²) in [5, 5.41) is 11.0. The van der Waals surface area contributed by atoms with Crippen molar-refractivity contribution in [3.63, 3.8) is 0 Å². The number of carbonyl (C=O) groups is 1. The maximum atomic E-state index is 13.1. The Balaban J connectivity index is 1.53. The first-order valence-electron chi connectivity index (χ1n) is 9.70. The van der Waals surface area contributed by atoms with Gasteiger partial charge in [0.1, 0.15) is 5.02 Å². The van der Waals surface area contributed by atoms with Crippen molar-refractivity contribution >= 4 is 45.0 Å². The second-order valence-corrected chi connectivity index (χ2v) is 11.2. The van der Waals surface area contributed by atoms with Crippen LogP contribution in [0, 0.1) is 10.1 Å². The minimum Gasteiger partial charge on any atom is -0.323 e. The van der Waals surface area contributed by atoms with E-state index in [1.807, 2.05) is 23.1 Å². The summed E-state index contributed by atoms with van der Waals surface area (Å²) in [6, 6.07) is 12.6. The third-order valence-electron chi connectivity index (χ3n) is 5.70. The molecule has 1 spiro atoms. The van der Waals surface area contributed by atoms with Crippen molar-refractivity contribution in [2.24, 2.45) is 0 Å². The Morgan fingerprint density at radius 1 is 1.10 bits per heavy atom. The molecule has 1 amide bonds. The van der Waals surface area contributed by atoms with E-state index in [-0.39, 0.29) is 28.9 Å². The van der Waals surface area contributed by atoms with Crippen LogP contribution >= 0.6 is 23.4 Å². The molecule has 0 unspecified atom stereocenters. The van der Waals surface area contributed by atoms with Crippen LogP contribution in [0.1, 0.15) is 23.2 Å². The van der Waals surface area contributed by atoms with Crippen LogP contribution in [0.2, 0.25) is 5.02 Å². The number of carbonyl (C=O) groups excluding carboxylic acids is 1. The van der Waals surface area contributed by atoms with Crippen molar-refractivity contribution in [2.45, 2.75) is 22.6 Å². The monoisotopic (exact) mass is 481 g/mol. The highest BCUT2D eigenvalue weighted by molar-refractivity contribution is 8.00. The van der Waals surface area contributed by atoms with Crippen molar-refractivity contribution in [1.82, 2.24) is 9.21 Å². The number of hydrogen-bond donors (Lipinski definition) is 0. The summed E-state index contributed by atoms with van der Waals surface area (Å²) >= 11 is 7.51. The Morgan fingerprint density at radius 3 is 2.42 bits per heavy atom. The number of benzene rings is 2. The number of amides is 1. The lowest BCUT2D eigenvalue weighted by atomic mass is 10.0. The molecular weight excluding hydrogens is 462 g/mol. The molecule has 4 rings (SSSR count). The van der Waals surface area contributed by atoms with Crippen LogP contribution in [0.4, 0.5) is 5.69 Å². The van der Waals surface area contributed by atoms with Gasteiger partial charge in [-0.15, -0.1) is 11.8 Å². The topological polar surface area (TPSA) is 101 Å². The van der Waals surface area contributed by atoms with E-state index in [4.69, 9.17) is 11.6 Å². The third kappa shape index (κ3) is 4.05. The van der Waals surface area contributed by atoms with Gasteiger partial charge in [0.15, 0.2) is 0 Å². The van der Waals surface area contributed by atoms with E-state index in [0.29, 0.717) is 24.9 Å². The SMILES string of the molecule is O=C(c1ccccc1)N1CCSC12CCN(S(=O)(=O)c1ccc(Cl)c([N+](=O)[O-])c1)CC2. The molecule has 2 aromatic rings. The number of rotatable bonds is 4. The third-order valence-corrected chi connectivity index (χ3v) is 9.47. The van der Waals surface area contributed by atoms with Crippen LogP contribution in [0.25, 0.3) is 0 Å². The molecule has 0 atom stereocenters. The minimum atomic E-state index is -3.91. The maximum Gasteiger partial charge on any atom is 0.289 e. The summed E-state index contributed by atoms with van der Waals surface area (Å²) in [6.45, 7) is 1.07. The van der Waals surface area contributed by atoms with Crippen LogP contribution < -0.4 is 0 Å². The van der Waals surface area contributed by atoms with Gasteiger partial charge in [-0.2, -0.15) is 4.31 Å². The second-order valence-electron chi connectivity index (χ2n) is 7.39. The molecule has 2 heterocycles. The first-order chi connectivity index (χ1) is 14.7. The number of nitro groups is 1. The van der Waals surface area contributed by atoms with Crippen LogP contribution in [-0.4, -0.2) is 58.7 Å². The Bertz CT molecular complexity index is 1120. The summed E-state index contributed by atoms with van der Waals surface area (Å²) in [5.74, 6) is 0.754. The molecule has 2 saturated heterocycles. The molecule has 0 aromatic heterocycles. The first kappa shape index (κ1) is 22.1. The zero-order valence-corrected chi connectivity index (χ0v) is 18.8. The lowest BCUT2D eigenvalue weighted by molar-refractivity contribution is -0.384. The molecule has 31 heavy (non-hydrogen) atoms. The highest BCUT2D eigenvalue weighted by Gasteiger charge is 2.48. The number of hydrogen-bond acceptors (Lipinski definition) is 6. The highest BCUT2D eigenvalue weighted by atomic mass is 35.5. The predicted molar refractivity (Wildman–Crippen MR) is 119 cm³/mol. The van der Waals surface area contributed by atoms with Crippen LogP contribution in [0.15, 0.2) is 53.4 Å². The number of nitrogens with zero attached hydrogens (tertiary/aromatic N) is 3. The van der Waals surface area contributed by atoms with Gasteiger partial charge in [-0.05, 0) is 37.1 Å². The first-order valence-corrected chi connectivity index (χ1v) is 12.5. The van der Waals surface area contributed by atoms with E-state index in [2.05, 4.69) is 0 Å². The van der Waals surface area contributed by atoms with Gasteiger partial charge in [0, 0.05) is 37.0 Å². The van der Waals surface area contributed by atoms with E-state index in [0.717, 1.165) is 11.8 Å². The Hall–Kier alpha value is -2.14. The molecule has 0 N–H and O–H groups in total. The van der Waals surface area contributed by atoms with E-state index < -0.39 is 25.5 Å². The standard InChI is InChI=1S/C20H20ClN3O5S2/c21-17-7-6-16(14-18(17)24(26)27)31(28,29)22-10-8-20(9-11-22)23(12-13-30-20)19(25)15-4-2-1-3-5-15/h1-7,14H,8-13H2. The van der Waals surface area contributed by atoms with E-state index in [1.165, 1.54) is 16.4 Å². The molecule has 11 heteroatoms. The van der Waals surface area contributed by atoms with E-state index in [1.54, 1.807) is 23.9 Å². The second kappa shape index (κ2) is 8.42. The van der Waals surface area contributed by atoms with E-state index in [9.17, 15) is 23.3 Å². The molecule has 164 valence electrons. The van der Waals surface area contributed by atoms with Gasteiger partial charge in [0.25, 0.3) is 11.6 Å². The predicted octanol–water partition coefficient (Wildman–Crippen LogP) is 3.62. The maximum absolute atomic E-state index is 13.1. The van der Waals surface area contributed by atoms with Gasteiger partial charge in [0.2, 0.25) is 10.0 Å². The number of nitro benzene ring substituents is 1. The van der Waals surface area contributed by atoms with Crippen LogP contribution in [0.5, 0.6) is 0 Å². The molecule has 0 aliphatic carbocycles. The quantitative estimate of drug-likeness (QED) is 0.488. The largest absolute Gasteiger partial charge is 0.323 e. The fourth-order valence-electron chi connectivity index (χ4n) is 4.06. The summed E-state index contributed by atoms with van der Waals surface area (Å²) in [4.78, 5) is 24.8. The molecule has 2 aliphatic rings. The fourth-order valence-corrected chi connectivity index (χ4v) is 7.17. The van der Waals surface area contributed by atoms with Crippen molar-refractivity contribution in [1.29, 1.82) is 0 Å². The fraction of sp³-hybridized carbons (Fsp3) is 0.350. The number of halogens is 1. The summed E-state index contributed by atoms with van der Waals surface area (Å²) < 4.78 is 27.5. The molecule has 8 nitrogen and oxygen atoms in total. The average Bonchev–Trinajstić information content (AvgIpc) is 3.16. The van der Waals surface area contributed by atoms with Crippen LogP contribution in [0.3, 0.4) is 0 Å². The Morgan fingerprint density at radius 2 is 1.77 bits per heavy atom. The van der Waals surface area contributed by atoms with Gasteiger partial charge in [-0.1, -0.05) is 29.8 Å². The van der Waals surface area contributed by atoms with Gasteiger partial charge in [-0.3, -0.25) is 14.9 Å². The van der Waals surface area contributed by atoms with E-state index >= 15 is 0 Å². The summed E-state index contributed by atoms with van der Waals surface area (Å²) in [7, 11) is -3.91. The number of thioether (sulfide) groups is 1.